The van der Waals surface area contributed by atoms with E-state index in [4.69, 9.17) is 0 Å². The third-order valence-electron chi connectivity index (χ3n) is 3.77. The van der Waals surface area contributed by atoms with Crippen LogP contribution >= 0.6 is 11.7 Å². The predicted molar refractivity (Wildman–Crippen MR) is 72.1 cm³/mol. The van der Waals surface area contributed by atoms with Gasteiger partial charge in [0.1, 0.15) is 0 Å². The van der Waals surface area contributed by atoms with Crippen LogP contribution in [0.25, 0.3) is 0 Å². The van der Waals surface area contributed by atoms with Crippen LogP contribution in [0.1, 0.15) is 63.6 Å². The molecule has 1 N–H and O–H groups in total. The zero-order valence-corrected chi connectivity index (χ0v) is 11.5. The molecule has 0 aliphatic heterocycles. The Morgan fingerprint density at radius 1 is 1.41 bits per heavy atom. The highest BCUT2D eigenvalue weighted by atomic mass is 32.1. The van der Waals surface area contributed by atoms with E-state index in [1.807, 2.05) is 6.20 Å². The molecule has 3 nitrogen and oxygen atoms in total. The van der Waals surface area contributed by atoms with Gasteiger partial charge in [-0.2, -0.15) is 8.75 Å². The molecule has 0 radical (unpaired) electrons. The highest BCUT2D eigenvalue weighted by molar-refractivity contribution is 6.99. The lowest BCUT2D eigenvalue weighted by Gasteiger charge is -2.23. The summed E-state index contributed by atoms with van der Waals surface area (Å²) in [7, 11) is 0. The summed E-state index contributed by atoms with van der Waals surface area (Å²) in [6.07, 6.45) is 11.7. The van der Waals surface area contributed by atoms with Crippen LogP contribution in [-0.2, 0) is 0 Å². The second-order valence-electron chi connectivity index (χ2n) is 5.02. The number of hydrogen-bond donors (Lipinski definition) is 1. The van der Waals surface area contributed by atoms with Gasteiger partial charge in [-0.15, -0.1) is 0 Å². The summed E-state index contributed by atoms with van der Waals surface area (Å²) in [4.78, 5) is 0. The Hall–Kier alpha value is -0.480. The molecule has 1 unspecified atom stereocenters. The lowest BCUT2D eigenvalue weighted by Crippen LogP contribution is -2.22. The third kappa shape index (κ3) is 4.03. The van der Waals surface area contributed by atoms with E-state index in [0.717, 1.165) is 18.2 Å². The van der Waals surface area contributed by atoms with Crippen molar-refractivity contribution in [3.63, 3.8) is 0 Å². The van der Waals surface area contributed by atoms with Crippen LogP contribution in [0.15, 0.2) is 6.20 Å². The minimum Gasteiger partial charge on any atom is -0.309 e. The van der Waals surface area contributed by atoms with Crippen LogP contribution < -0.4 is 5.32 Å². The summed E-state index contributed by atoms with van der Waals surface area (Å²) in [5.74, 6) is 0.955. The first-order valence-electron chi connectivity index (χ1n) is 6.91. The molecule has 1 fully saturated rings. The SMILES string of the molecule is CCNC(CCC1CCCCC1)c1cnsn1. The van der Waals surface area contributed by atoms with Crippen LogP contribution in [0.2, 0.25) is 0 Å². The molecule has 4 heteroatoms. The van der Waals surface area contributed by atoms with Crippen molar-refractivity contribution in [2.75, 3.05) is 6.54 Å². The zero-order valence-electron chi connectivity index (χ0n) is 10.7. The van der Waals surface area contributed by atoms with Gasteiger partial charge in [0, 0.05) is 0 Å². The minimum atomic E-state index is 0.417. The van der Waals surface area contributed by atoms with E-state index in [9.17, 15) is 0 Å². The van der Waals surface area contributed by atoms with Gasteiger partial charge in [-0.05, 0) is 25.3 Å². The van der Waals surface area contributed by atoms with Crippen molar-refractivity contribution < 1.29 is 0 Å². The van der Waals surface area contributed by atoms with E-state index in [1.165, 1.54) is 56.7 Å². The van der Waals surface area contributed by atoms with Gasteiger partial charge in [0.2, 0.25) is 0 Å². The average molecular weight is 253 g/mol. The van der Waals surface area contributed by atoms with Crippen molar-refractivity contribution in [2.24, 2.45) is 5.92 Å². The molecule has 1 heterocycles. The number of hydrogen-bond acceptors (Lipinski definition) is 4. The fraction of sp³-hybridized carbons (Fsp3) is 0.846. The fourth-order valence-corrected chi connectivity index (χ4v) is 3.28. The van der Waals surface area contributed by atoms with Gasteiger partial charge in [-0.25, -0.2) is 0 Å². The van der Waals surface area contributed by atoms with E-state index in [2.05, 4.69) is 21.0 Å². The normalized spacial score (nSPS) is 19.4. The van der Waals surface area contributed by atoms with Crippen molar-refractivity contribution >= 4 is 11.7 Å². The summed E-state index contributed by atoms with van der Waals surface area (Å²) in [6, 6.07) is 0.417. The molecular formula is C13H23N3S. The Kier molecular flexibility index (Phi) is 5.39. The first-order chi connectivity index (χ1) is 8.40. The summed E-state index contributed by atoms with van der Waals surface area (Å²) in [6.45, 7) is 3.17. The van der Waals surface area contributed by atoms with Gasteiger partial charge < -0.3 is 5.32 Å². The Morgan fingerprint density at radius 3 is 2.88 bits per heavy atom. The zero-order chi connectivity index (χ0) is 11.9. The van der Waals surface area contributed by atoms with Crippen molar-refractivity contribution in [1.82, 2.24) is 14.1 Å². The van der Waals surface area contributed by atoms with E-state index in [-0.39, 0.29) is 0 Å². The quantitative estimate of drug-likeness (QED) is 0.842. The van der Waals surface area contributed by atoms with Crippen LogP contribution in [0.4, 0.5) is 0 Å². The topological polar surface area (TPSA) is 37.8 Å². The molecule has 0 spiro atoms. The number of nitrogens with zero attached hydrogens (tertiary/aromatic N) is 2. The van der Waals surface area contributed by atoms with Gasteiger partial charge in [-0.3, -0.25) is 0 Å². The summed E-state index contributed by atoms with van der Waals surface area (Å²) < 4.78 is 8.48. The van der Waals surface area contributed by atoms with Gasteiger partial charge in [0.15, 0.2) is 0 Å². The molecule has 1 aliphatic rings. The molecule has 0 bridgehead atoms. The van der Waals surface area contributed by atoms with Gasteiger partial charge >= 0.3 is 0 Å². The largest absolute Gasteiger partial charge is 0.309 e. The van der Waals surface area contributed by atoms with E-state index < -0.39 is 0 Å². The molecule has 2 rings (SSSR count). The standard InChI is InChI=1S/C13H23N3S/c1-2-14-12(13-10-15-17-16-13)9-8-11-6-4-3-5-7-11/h10-12,14H,2-9H2,1H3. The third-order valence-corrected chi connectivity index (χ3v) is 4.27. The number of aromatic nitrogens is 2. The molecule has 0 aromatic carbocycles. The predicted octanol–water partition coefficient (Wildman–Crippen LogP) is 3.55. The molecule has 96 valence electrons. The number of rotatable bonds is 6. The van der Waals surface area contributed by atoms with E-state index >= 15 is 0 Å². The van der Waals surface area contributed by atoms with Crippen LogP contribution in [0.3, 0.4) is 0 Å². The monoisotopic (exact) mass is 253 g/mol. The van der Waals surface area contributed by atoms with Gasteiger partial charge in [0.25, 0.3) is 0 Å². The highest BCUT2D eigenvalue weighted by Gasteiger charge is 2.18. The smallest absolute Gasteiger partial charge is 0.0912 e. The first-order valence-corrected chi connectivity index (χ1v) is 7.64. The second-order valence-corrected chi connectivity index (χ2v) is 5.58. The Balaban J connectivity index is 1.81. The molecule has 1 aliphatic carbocycles. The molecule has 0 saturated heterocycles. The molecule has 0 amide bonds. The van der Waals surface area contributed by atoms with Crippen LogP contribution in [-0.4, -0.2) is 15.3 Å². The maximum absolute atomic E-state index is 4.37. The molecule has 1 atom stereocenters. The second kappa shape index (κ2) is 7.07. The maximum Gasteiger partial charge on any atom is 0.0912 e. The van der Waals surface area contributed by atoms with Crippen molar-refractivity contribution in [2.45, 2.75) is 57.9 Å². The van der Waals surface area contributed by atoms with E-state index in [1.54, 1.807) is 0 Å². The first kappa shape index (κ1) is 13.0. The Morgan fingerprint density at radius 2 is 2.24 bits per heavy atom. The average Bonchev–Trinajstić information content (AvgIpc) is 2.89. The Bertz CT molecular complexity index is 294. The molecule has 1 aromatic heterocycles. The van der Waals surface area contributed by atoms with E-state index in [0.29, 0.717) is 6.04 Å². The molecular weight excluding hydrogens is 230 g/mol. The lowest BCUT2D eigenvalue weighted by atomic mass is 9.85. The van der Waals surface area contributed by atoms with Crippen molar-refractivity contribution in [3.05, 3.63) is 11.9 Å². The van der Waals surface area contributed by atoms with Gasteiger partial charge in [-0.1, -0.05) is 39.0 Å². The number of nitrogens with one attached hydrogen (secondary N) is 1. The summed E-state index contributed by atoms with van der Waals surface area (Å²) >= 11 is 1.32. The highest BCUT2D eigenvalue weighted by Crippen LogP contribution is 2.30. The van der Waals surface area contributed by atoms with Crippen LogP contribution in [0.5, 0.6) is 0 Å². The van der Waals surface area contributed by atoms with Crippen molar-refractivity contribution in [1.29, 1.82) is 0 Å². The molecule has 1 saturated carbocycles. The van der Waals surface area contributed by atoms with Crippen molar-refractivity contribution in [3.8, 4) is 0 Å². The molecule has 17 heavy (non-hydrogen) atoms. The lowest BCUT2D eigenvalue weighted by molar-refractivity contribution is 0.314. The fourth-order valence-electron chi connectivity index (χ4n) is 2.80. The van der Waals surface area contributed by atoms with Crippen LogP contribution in [0, 0.1) is 5.92 Å². The minimum absolute atomic E-state index is 0.417. The summed E-state index contributed by atoms with van der Waals surface area (Å²) in [5.41, 5.74) is 1.13. The Labute approximate surface area is 108 Å². The van der Waals surface area contributed by atoms with Gasteiger partial charge in [0.05, 0.1) is 29.7 Å². The summed E-state index contributed by atoms with van der Waals surface area (Å²) in [5, 5.41) is 3.53. The maximum atomic E-state index is 4.37. The molecule has 1 aromatic rings.